The Hall–Kier alpha value is -2.69. The van der Waals surface area contributed by atoms with Gasteiger partial charge in [0.2, 0.25) is 5.91 Å². The third-order valence-electron chi connectivity index (χ3n) is 4.55. The second-order valence-corrected chi connectivity index (χ2v) is 7.07. The molecule has 1 unspecified atom stereocenters. The van der Waals surface area contributed by atoms with Crippen molar-refractivity contribution in [2.75, 3.05) is 7.05 Å². The van der Waals surface area contributed by atoms with E-state index in [-0.39, 0.29) is 17.7 Å². The van der Waals surface area contributed by atoms with Crippen molar-refractivity contribution in [3.8, 4) is 0 Å². The zero-order valence-electron chi connectivity index (χ0n) is 16.3. The smallest absolute Gasteiger partial charge is 0.251 e. The molecule has 0 aliphatic heterocycles. The van der Waals surface area contributed by atoms with E-state index in [0.29, 0.717) is 12.1 Å². The zero-order valence-corrected chi connectivity index (χ0v) is 16.3. The molecule has 4 nitrogen and oxygen atoms in total. The van der Waals surface area contributed by atoms with E-state index >= 15 is 0 Å². The number of carbonyl (C=O) groups is 2. The SMILES string of the molecule is CCc1ccc(CN(C)C(=O)C(NC(=O)c2ccc(F)cc2)C(C)C)cc1. The average molecular weight is 370 g/mol. The fourth-order valence-electron chi connectivity index (χ4n) is 2.81. The number of likely N-dealkylation sites (N-methyl/N-ethyl adjacent to an activating group) is 1. The van der Waals surface area contributed by atoms with Crippen LogP contribution < -0.4 is 5.32 Å². The highest BCUT2D eigenvalue weighted by atomic mass is 19.1. The lowest BCUT2D eigenvalue weighted by Crippen LogP contribution is -2.50. The molecule has 0 radical (unpaired) electrons. The first kappa shape index (κ1) is 20.6. The van der Waals surface area contributed by atoms with E-state index in [1.165, 1.54) is 29.8 Å². The number of benzene rings is 2. The molecule has 27 heavy (non-hydrogen) atoms. The van der Waals surface area contributed by atoms with Crippen molar-refractivity contribution in [2.45, 2.75) is 39.8 Å². The van der Waals surface area contributed by atoms with Crippen LogP contribution in [0.5, 0.6) is 0 Å². The first-order valence-corrected chi connectivity index (χ1v) is 9.21. The minimum atomic E-state index is -0.650. The Bertz CT molecular complexity index is 770. The first-order valence-electron chi connectivity index (χ1n) is 9.21. The molecule has 0 spiro atoms. The number of halogens is 1. The van der Waals surface area contributed by atoms with Gasteiger partial charge in [-0.25, -0.2) is 4.39 Å². The van der Waals surface area contributed by atoms with Crippen LogP contribution >= 0.6 is 0 Å². The van der Waals surface area contributed by atoms with Crippen LogP contribution in [0.4, 0.5) is 4.39 Å². The molecule has 0 aliphatic carbocycles. The molecule has 0 bridgehead atoms. The molecule has 0 aromatic heterocycles. The van der Waals surface area contributed by atoms with E-state index in [0.717, 1.165) is 12.0 Å². The van der Waals surface area contributed by atoms with Crippen LogP contribution in [-0.4, -0.2) is 29.8 Å². The molecule has 0 saturated heterocycles. The monoisotopic (exact) mass is 370 g/mol. The van der Waals surface area contributed by atoms with Gasteiger partial charge in [-0.1, -0.05) is 45.0 Å². The van der Waals surface area contributed by atoms with Crippen LogP contribution in [0, 0.1) is 11.7 Å². The van der Waals surface area contributed by atoms with Crippen molar-refractivity contribution >= 4 is 11.8 Å². The van der Waals surface area contributed by atoms with Gasteiger partial charge < -0.3 is 10.2 Å². The van der Waals surface area contributed by atoms with Crippen molar-refractivity contribution in [1.29, 1.82) is 0 Å². The largest absolute Gasteiger partial charge is 0.340 e. The first-order chi connectivity index (χ1) is 12.8. The molecular weight excluding hydrogens is 343 g/mol. The summed E-state index contributed by atoms with van der Waals surface area (Å²) in [5, 5.41) is 2.78. The highest BCUT2D eigenvalue weighted by Gasteiger charge is 2.27. The van der Waals surface area contributed by atoms with E-state index < -0.39 is 11.9 Å². The Morgan fingerprint density at radius 2 is 1.56 bits per heavy atom. The number of amides is 2. The van der Waals surface area contributed by atoms with E-state index in [1.54, 1.807) is 11.9 Å². The molecule has 0 aliphatic rings. The summed E-state index contributed by atoms with van der Waals surface area (Å²) in [4.78, 5) is 26.9. The average Bonchev–Trinajstić information content (AvgIpc) is 2.66. The fourth-order valence-corrected chi connectivity index (χ4v) is 2.81. The number of hydrogen-bond acceptors (Lipinski definition) is 2. The van der Waals surface area contributed by atoms with Gasteiger partial charge in [-0.15, -0.1) is 0 Å². The summed E-state index contributed by atoms with van der Waals surface area (Å²) < 4.78 is 13.0. The summed E-state index contributed by atoms with van der Waals surface area (Å²) in [7, 11) is 1.73. The molecule has 2 aromatic rings. The van der Waals surface area contributed by atoms with Crippen molar-refractivity contribution < 1.29 is 14.0 Å². The van der Waals surface area contributed by atoms with Gasteiger partial charge in [-0.05, 0) is 47.7 Å². The second kappa shape index (κ2) is 9.31. The van der Waals surface area contributed by atoms with Gasteiger partial charge in [0.15, 0.2) is 0 Å². The Kier molecular flexibility index (Phi) is 7.11. The Morgan fingerprint density at radius 1 is 1.00 bits per heavy atom. The predicted molar refractivity (Wildman–Crippen MR) is 105 cm³/mol. The minimum Gasteiger partial charge on any atom is -0.340 e. The Morgan fingerprint density at radius 3 is 2.07 bits per heavy atom. The van der Waals surface area contributed by atoms with Gasteiger partial charge in [0.25, 0.3) is 5.91 Å². The molecule has 2 rings (SSSR count). The topological polar surface area (TPSA) is 49.4 Å². The Labute approximate surface area is 160 Å². The minimum absolute atomic E-state index is 0.0770. The molecule has 144 valence electrons. The van der Waals surface area contributed by atoms with Gasteiger partial charge >= 0.3 is 0 Å². The van der Waals surface area contributed by atoms with Gasteiger partial charge in [-0.3, -0.25) is 9.59 Å². The van der Waals surface area contributed by atoms with Gasteiger partial charge in [-0.2, -0.15) is 0 Å². The van der Waals surface area contributed by atoms with E-state index in [9.17, 15) is 14.0 Å². The zero-order chi connectivity index (χ0) is 20.0. The quantitative estimate of drug-likeness (QED) is 0.806. The van der Waals surface area contributed by atoms with E-state index in [2.05, 4.69) is 24.4 Å². The molecule has 5 heteroatoms. The number of carbonyl (C=O) groups excluding carboxylic acids is 2. The predicted octanol–water partition coefficient (Wildman–Crippen LogP) is 3.80. The van der Waals surface area contributed by atoms with Crippen LogP contribution in [0.3, 0.4) is 0 Å². The third-order valence-corrected chi connectivity index (χ3v) is 4.55. The summed E-state index contributed by atoms with van der Waals surface area (Å²) >= 11 is 0. The standard InChI is InChI=1S/C22H27FN2O2/c1-5-16-6-8-17(9-7-16)14-25(4)22(27)20(15(2)3)24-21(26)18-10-12-19(23)13-11-18/h6-13,15,20H,5,14H2,1-4H3,(H,24,26). The van der Waals surface area contributed by atoms with Crippen LogP contribution in [0.1, 0.15) is 42.3 Å². The summed E-state index contributed by atoms with van der Waals surface area (Å²) in [6, 6.07) is 12.8. The highest BCUT2D eigenvalue weighted by molar-refractivity contribution is 5.97. The van der Waals surface area contributed by atoms with Crippen molar-refractivity contribution in [2.24, 2.45) is 5.92 Å². The van der Waals surface area contributed by atoms with Crippen LogP contribution in [0.15, 0.2) is 48.5 Å². The molecule has 0 saturated carbocycles. The summed E-state index contributed by atoms with van der Waals surface area (Å²) in [5.74, 6) is -1.02. The number of rotatable bonds is 7. The van der Waals surface area contributed by atoms with Crippen molar-refractivity contribution in [1.82, 2.24) is 10.2 Å². The van der Waals surface area contributed by atoms with E-state index in [1.807, 2.05) is 26.0 Å². The van der Waals surface area contributed by atoms with Crippen LogP contribution in [0.25, 0.3) is 0 Å². The van der Waals surface area contributed by atoms with Crippen LogP contribution in [-0.2, 0) is 17.8 Å². The fraction of sp³-hybridized carbons (Fsp3) is 0.364. The number of aryl methyl sites for hydroxylation is 1. The maximum atomic E-state index is 13.0. The van der Waals surface area contributed by atoms with Gasteiger partial charge in [0.05, 0.1) is 0 Å². The molecule has 1 atom stereocenters. The third kappa shape index (κ3) is 5.64. The summed E-state index contributed by atoms with van der Waals surface area (Å²) in [6.45, 7) is 6.34. The lowest BCUT2D eigenvalue weighted by atomic mass is 10.0. The molecule has 0 heterocycles. The normalized spacial score (nSPS) is 11.9. The number of nitrogens with one attached hydrogen (secondary N) is 1. The second-order valence-electron chi connectivity index (χ2n) is 7.07. The molecular formula is C22H27FN2O2. The van der Waals surface area contributed by atoms with Gasteiger partial charge in [0, 0.05) is 19.2 Å². The van der Waals surface area contributed by atoms with Crippen molar-refractivity contribution in [3.63, 3.8) is 0 Å². The maximum Gasteiger partial charge on any atom is 0.251 e. The summed E-state index contributed by atoms with van der Waals surface area (Å²) in [6.07, 6.45) is 0.972. The maximum absolute atomic E-state index is 13.0. The highest BCUT2D eigenvalue weighted by Crippen LogP contribution is 2.12. The lowest BCUT2D eigenvalue weighted by Gasteiger charge is -2.27. The molecule has 0 fully saturated rings. The molecule has 2 aromatic carbocycles. The van der Waals surface area contributed by atoms with Crippen molar-refractivity contribution in [3.05, 3.63) is 71.0 Å². The van der Waals surface area contributed by atoms with E-state index in [4.69, 9.17) is 0 Å². The number of nitrogens with zero attached hydrogens (tertiary/aromatic N) is 1. The Balaban J connectivity index is 2.06. The molecule has 1 N–H and O–H groups in total. The summed E-state index contributed by atoms with van der Waals surface area (Å²) in [5.41, 5.74) is 2.61. The lowest BCUT2D eigenvalue weighted by molar-refractivity contribution is -0.133. The number of hydrogen-bond donors (Lipinski definition) is 1. The van der Waals surface area contributed by atoms with Crippen LogP contribution in [0.2, 0.25) is 0 Å². The van der Waals surface area contributed by atoms with Gasteiger partial charge in [0.1, 0.15) is 11.9 Å². The molecule has 2 amide bonds.